The summed E-state index contributed by atoms with van der Waals surface area (Å²) in [6, 6.07) is 26.3. The van der Waals surface area contributed by atoms with Gasteiger partial charge in [0, 0.05) is 18.2 Å². The van der Waals surface area contributed by atoms with Gasteiger partial charge in [0.25, 0.3) is 5.91 Å². The van der Waals surface area contributed by atoms with Crippen LogP contribution in [0.3, 0.4) is 0 Å². The van der Waals surface area contributed by atoms with E-state index in [0.29, 0.717) is 5.71 Å². The van der Waals surface area contributed by atoms with Gasteiger partial charge in [0.1, 0.15) is 0 Å². The van der Waals surface area contributed by atoms with Crippen LogP contribution in [0, 0.1) is 0 Å². The normalized spacial score (nSPS) is 16.6. The summed E-state index contributed by atoms with van der Waals surface area (Å²) in [5, 5.41) is 5.63. The number of carbonyl (C=O) groups excluding carboxylic acids is 2. The van der Waals surface area contributed by atoms with E-state index in [1.165, 1.54) is 0 Å². The van der Waals surface area contributed by atoms with Crippen molar-refractivity contribution in [2.45, 2.75) is 19.1 Å². The van der Waals surface area contributed by atoms with Gasteiger partial charge in [-0.3, -0.25) is 4.79 Å². The topological polar surface area (TPSA) is 73.8 Å². The fraction of sp³-hybridized carbons (Fsp3) is 0.160. The Hall–Kier alpha value is -3.93. The second-order valence-electron chi connectivity index (χ2n) is 7.41. The van der Waals surface area contributed by atoms with Crippen LogP contribution in [0.2, 0.25) is 0 Å². The third-order valence-corrected chi connectivity index (χ3v) is 5.31. The lowest BCUT2D eigenvalue weighted by atomic mass is 10.0. The molecule has 1 aliphatic heterocycles. The molecule has 3 aromatic carbocycles. The number of urea groups is 1. The van der Waals surface area contributed by atoms with E-state index in [9.17, 15) is 9.59 Å². The van der Waals surface area contributed by atoms with Gasteiger partial charge in [-0.05, 0) is 18.6 Å². The van der Waals surface area contributed by atoms with Gasteiger partial charge in [0.2, 0.25) is 6.17 Å². The largest absolute Gasteiger partial charge is 0.332 e. The molecule has 0 saturated heterocycles. The minimum atomic E-state index is -1.05. The highest BCUT2D eigenvalue weighted by molar-refractivity contribution is 6.20. The third-order valence-electron chi connectivity index (χ3n) is 5.31. The minimum Gasteiger partial charge on any atom is -0.332 e. The first-order valence-electron chi connectivity index (χ1n) is 10.2. The van der Waals surface area contributed by atoms with Crippen molar-refractivity contribution in [1.29, 1.82) is 0 Å². The van der Waals surface area contributed by atoms with Crippen molar-refractivity contribution in [3.05, 3.63) is 102 Å². The molecule has 6 nitrogen and oxygen atoms in total. The average Bonchev–Trinajstić information content (AvgIpc) is 2.91. The van der Waals surface area contributed by atoms with Gasteiger partial charge in [0.15, 0.2) is 0 Å². The summed E-state index contributed by atoms with van der Waals surface area (Å²) in [5.74, 6) is -0.305. The summed E-state index contributed by atoms with van der Waals surface area (Å²) in [6.45, 7) is 1.89. The fourth-order valence-corrected chi connectivity index (χ4v) is 3.63. The van der Waals surface area contributed by atoms with Gasteiger partial charge in [0.05, 0.1) is 17.4 Å². The van der Waals surface area contributed by atoms with E-state index >= 15 is 0 Å². The first-order valence-corrected chi connectivity index (χ1v) is 10.2. The molecular formula is C25H24N4O2. The summed E-state index contributed by atoms with van der Waals surface area (Å²) in [7, 11) is 1.70. The quantitative estimate of drug-likeness (QED) is 0.682. The van der Waals surface area contributed by atoms with Crippen LogP contribution in [-0.2, 0) is 4.79 Å². The molecule has 0 fully saturated rings. The van der Waals surface area contributed by atoms with Crippen molar-refractivity contribution in [3.8, 4) is 0 Å². The Morgan fingerprint density at radius 2 is 1.55 bits per heavy atom. The monoisotopic (exact) mass is 412 g/mol. The van der Waals surface area contributed by atoms with E-state index in [-0.39, 0.29) is 11.9 Å². The summed E-state index contributed by atoms with van der Waals surface area (Å²) in [4.78, 5) is 32.1. The standard InChI is InChI=1S/C25H24N4O2/c1-17(18-11-5-3-6-12-18)26-25(31)28-23-24(30)29(2)21-16-10-9-15-20(21)22(27-23)19-13-7-4-8-14-19/h3-17,23H,1-2H3,(H2,26,28,31)/t17-,23?/m1/s1. The number of benzodiazepines with no additional fused rings is 1. The number of hydrogen-bond donors (Lipinski definition) is 2. The maximum Gasteiger partial charge on any atom is 0.317 e. The molecular weight excluding hydrogens is 388 g/mol. The van der Waals surface area contributed by atoms with E-state index < -0.39 is 12.2 Å². The molecule has 0 spiro atoms. The van der Waals surface area contributed by atoms with Gasteiger partial charge < -0.3 is 15.5 Å². The Balaban J connectivity index is 1.64. The predicted molar refractivity (Wildman–Crippen MR) is 122 cm³/mol. The number of para-hydroxylation sites is 1. The SMILES string of the molecule is C[C@@H](NC(=O)NC1N=C(c2ccccc2)c2ccccc2N(C)C1=O)c1ccccc1. The van der Waals surface area contributed by atoms with Crippen LogP contribution in [0.4, 0.5) is 10.5 Å². The van der Waals surface area contributed by atoms with Crippen LogP contribution in [0.5, 0.6) is 0 Å². The van der Waals surface area contributed by atoms with Crippen molar-refractivity contribution in [3.63, 3.8) is 0 Å². The van der Waals surface area contributed by atoms with E-state index in [0.717, 1.165) is 22.4 Å². The first-order chi connectivity index (χ1) is 15.0. The number of carbonyl (C=O) groups is 2. The maximum atomic E-state index is 13.2. The smallest absolute Gasteiger partial charge is 0.317 e. The molecule has 156 valence electrons. The molecule has 3 amide bonds. The zero-order valence-electron chi connectivity index (χ0n) is 17.4. The van der Waals surface area contributed by atoms with Crippen LogP contribution in [-0.4, -0.2) is 30.9 Å². The number of nitrogens with one attached hydrogen (secondary N) is 2. The number of benzene rings is 3. The second kappa shape index (κ2) is 8.83. The lowest BCUT2D eigenvalue weighted by Crippen LogP contribution is -2.49. The Morgan fingerprint density at radius 3 is 2.26 bits per heavy atom. The van der Waals surface area contributed by atoms with E-state index in [2.05, 4.69) is 10.6 Å². The third kappa shape index (κ3) is 4.33. The average molecular weight is 412 g/mol. The van der Waals surface area contributed by atoms with E-state index in [4.69, 9.17) is 4.99 Å². The molecule has 0 bridgehead atoms. The van der Waals surface area contributed by atoms with Crippen LogP contribution in [0.15, 0.2) is 89.9 Å². The molecule has 0 radical (unpaired) electrons. The molecule has 31 heavy (non-hydrogen) atoms. The number of anilines is 1. The van der Waals surface area contributed by atoms with E-state index in [1.54, 1.807) is 11.9 Å². The van der Waals surface area contributed by atoms with Crippen LogP contribution in [0.1, 0.15) is 29.7 Å². The van der Waals surface area contributed by atoms with Crippen molar-refractivity contribution in [2.75, 3.05) is 11.9 Å². The number of nitrogens with zero attached hydrogens (tertiary/aromatic N) is 2. The maximum absolute atomic E-state index is 13.2. The number of fused-ring (bicyclic) bond motifs is 1. The molecule has 6 heteroatoms. The van der Waals surface area contributed by atoms with Crippen molar-refractivity contribution in [1.82, 2.24) is 10.6 Å². The van der Waals surface area contributed by atoms with Gasteiger partial charge in [-0.15, -0.1) is 0 Å². The van der Waals surface area contributed by atoms with Crippen LogP contribution < -0.4 is 15.5 Å². The number of amides is 3. The van der Waals surface area contributed by atoms with Gasteiger partial charge in [-0.25, -0.2) is 9.79 Å². The summed E-state index contributed by atoms with van der Waals surface area (Å²) >= 11 is 0. The van der Waals surface area contributed by atoms with Gasteiger partial charge >= 0.3 is 6.03 Å². The fourth-order valence-electron chi connectivity index (χ4n) is 3.63. The van der Waals surface area contributed by atoms with Crippen LogP contribution in [0.25, 0.3) is 0 Å². The summed E-state index contributed by atoms with van der Waals surface area (Å²) in [6.07, 6.45) is -1.05. The molecule has 0 aliphatic carbocycles. The molecule has 4 rings (SSSR count). The molecule has 1 aliphatic rings. The zero-order valence-corrected chi connectivity index (χ0v) is 17.4. The number of rotatable bonds is 4. The highest BCUT2D eigenvalue weighted by atomic mass is 16.2. The lowest BCUT2D eigenvalue weighted by Gasteiger charge is -2.22. The Bertz CT molecular complexity index is 1110. The lowest BCUT2D eigenvalue weighted by molar-refractivity contribution is -0.119. The zero-order chi connectivity index (χ0) is 21.8. The molecule has 0 saturated carbocycles. The van der Waals surface area contributed by atoms with Gasteiger partial charge in [-0.1, -0.05) is 78.9 Å². The summed E-state index contributed by atoms with van der Waals surface area (Å²) < 4.78 is 0. The molecule has 3 aromatic rings. The van der Waals surface area contributed by atoms with Crippen molar-refractivity contribution < 1.29 is 9.59 Å². The first kappa shape index (κ1) is 20.3. The van der Waals surface area contributed by atoms with Crippen molar-refractivity contribution in [2.24, 2.45) is 4.99 Å². The highest BCUT2D eigenvalue weighted by Gasteiger charge is 2.31. The number of aliphatic imine (C=N–C) groups is 1. The number of likely N-dealkylation sites (N-methyl/N-ethyl adjacent to an activating group) is 1. The Morgan fingerprint density at radius 1 is 0.935 bits per heavy atom. The Labute approximate surface area is 181 Å². The summed E-state index contributed by atoms with van der Waals surface area (Å²) in [5.41, 5.74) is 4.10. The highest BCUT2D eigenvalue weighted by Crippen LogP contribution is 2.27. The Kier molecular flexibility index (Phi) is 5.80. The molecule has 1 unspecified atom stereocenters. The minimum absolute atomic E-state index is 0.213. The number of hydrogen-bond acceptors (Lipinski definition) is 3. The molecule has 1 heterocycles. The van der Waals surface area contributed by atoms with Crippen molar-refractivity contribution >= 4 is 23.3 Å². The predicted octanol–water partition coefficient (Wildman–Crippen LogP) is 3.89. The molecule has 0 aromatic heterocycles. The van der Waals surface area contributed by atoms with Gasteiger partial charge in [-0.2, -0.15) is 0 Å². The molecule has 2 N–H and O–H groups in total. The van der Waals surface area contributed by atoms with E-state index in [1.807, 2.05) is 91.9 Å². The van der Waals surface area contributed by atoms with Crippen LogP contribution >= 0.6 is 0 Å². The second-order valence-corrected chi connectivity index (χ2v) is 7.41. The molecule has 2 atom stereocenters.